The zero-order valence-electron chi connectivity index (χ0n) is 16.8. The van der Waals surface area contributed by atoms with Crippen molar-refractivity contribution >= 4 is 42.4 Å². The maximum atomic E-state index is 13.1. The molecule has 0 unspecified atom stereocenters. The van der Waals surface area contributed by atoms with E-state index < -0.39 is 9.84 Å². The predicted octanol–water partition coefficient (Wildman–Crippen LogP) is 2.26. The van der Waals surface area contributed by atoms with Gasteiger partial charge in [0.15, 0.2) is 15.0 Å². The Bertz CT molecular complexity index is 1010. The van der Waals surface area contributed by atoms with Gasteiger partial charge in [-0.05, 0) is 31.3 Å². The maximum Gasteiger partial charge on any atom is 0.298 e. The Morgan fingerprint density at radius 2 is 1.97 bits per heavy atom. The van der Waals surface area contributed by atoms with E-state index in [1.54, 1.807) is 17.0 Å². The van der Waals surface area contributed by atoms with E-state index in [9.17, 15) is 13.2 Å². The van der Waals surface area contributed by atoms with Crippen LogP contribution in [0.1, 0.15) is 13.8 Å². The lowest BCUT2D eigenvalue weighted by Gasteiger charge is -2.26. The predicted molar refractivity (Wildman–Crippen MR) is 113 cm³/mol. The van der Waals surface area contributed by atoms with Gasteiger partial charge in [-0.3, -0.25) is 9.69 Å². The Balaban J connectivity index is 1.95. The van der Waals surface area contributed by atoms with Gasteiger partial charge in [0.25, 0.3) is 5.91 Å². The summed E-state index contributed by atoms with van der Waals surface area (Å²) in [4.78, 5) is 21.7. The van der Waals surface area contributed by atoms with Crippen LogP contribution in [0, 0.1) is 0 Å². The minimum absolute atomic E-state index is 0.145. The van der Waals surface area contributed by atoms with Crippen LogP contribution in [0.25, 0.3) is 10.2 Å². The van der Waals surface area contributed by atoms with Crippen molar-refractivity contribution < 1.29 is 22.7 Å². The molecule has 8 nitrogen and oxygen atoms in total. The molecule has 2 aromatic rings. The molecule has 1 aromatic heterocycles. The third kappa shape index (κ3) is 5.06. The number of carbonyl (C=O) groups is 1. The Kier molecular flexibility index (Phi) is 6.76. The number of sulfone groups is 1. The van der Waals surface area contributed by atoms with Gasteiger partial charge in [0.05, 0.1) is 15.1 Å². The molecule has 0 aliphatic carbocycles. The summed E-state index contributed by atoms with van der Waals surface area (Å²) in [6, 6.07) is 4.79. The number of benzene rings is 1. The number of hydrogen-bond acceptors (Lipinski definition) is 8. The van der Waals surface area contributed by atoms with Crippen molar-refractivity contribution in [3.05, 3.63) is 30.2 Å². The fraction of sp³-hybridized carbons (Fsp3) is 0.474. The Morgan fingerprint density at radius 1 is 1.21 bits per heavy atom. The van der Waals surface area contributed by atoms with Crippen molar-refractivity contribution in [3.8, 4) is 0 Å². The molecule has 1 aliphatic rings. The maximum absolute atomic E-state index is 13.1. The summed E-state index contributed by atoms with van der Waals surface area (Å²) in [5.74, 6) is -0.175. The smallest absolute Gasteiger partial charge is 0.298 e. The van der Waals surface area contributed by atoms with Crippen LogP contribution in [0.3, 0.4) is 0 Å². The summed E-state index contributed by atoms with van der Waals surface area (Å²) in [6.07, 6.45) is 2.51. The highest BCUT2D eigenvalue weighted by molar-refractivity contribution is 7.90. The van der Waals surface area contributed by atoms with E-state index in [0.717, 1.165) is 13.1 Å². The monoisotopic (exact) mass is 439 g/mol. The summed E-state index contributed by atoms with van der Waals surface area (Å²) in [5, 5.41) is 0.498. The topological polar surface area (TPSA) is 89.0 Å². The van der Waals surface area contributed by atoms with Crippen LogP contribution in [-0.4, -0.2) is 69.9 Å². The highest BCUT2D eigenvalue weighted by Gasteiger charge is 2.26. The van der Waals surface area contributed by atoms with Gasteiger partial charge in [-0.1, -0.05) is 25.2 Å². The van der Waals surface area contributed by atoms with E-state index in [1.165, 1.54) is 29.9 Å². The SMILES string of the molecule is CCN(CC)CCN(C(=O)C1=COCCO1)c1nc2ccc(S(C)(=O)=O)cc2s1. The van der Waals surface area contributed by atoms with E-state index in [-0.39, 0.29) is 16.6 Å². The van der Waals surface area contributed by atoms with Gasteiger partial charge in [0, 0.05) is 19.3 Å². The minimum Gasteiger partial charge on any atom is -0.494 e. The molecule has 3 rings (SSSR count). The van der Waals surface area contributed by atoms with Crippen LogP contribution in [-0.2, 0) is 24.1 Å². The number of rotatable bonds is 8. The third-order valence-corrected chi connectivity index (χ3v) is 6.80. The van der Waals surface area contributed by atoms with Gasteiger partial charge >= 0.3 is 0 Å². The molecule has 0 N–H and O–H groups in total. The molecule has 0 spiro atoms. The first-order valence-corrected chi connectivity index (χ1v) is 12.1. The Labute approximate surface area is 174 Å². The van der Waals surface area contributed by atoms with Crippen LogP contribution >= 0.6 is 11.3 Å². The standard InChI is InChI=1S/C19H25N3O5S2/c1-4-21(5-2)8-9-22(18(23)16-13-26-10-11-27-16)19-20-15-7-6-14(29(3,24)25)12-17(15)28-19/h6-7,12-13H,4-5,8-11H2,1-3H3. The average Bonchev–Trinajstić information content (AvgIpc) is 3.14. The van der Waals surface area contributed by atoms with Crippen LogP contribution in [0.15, 0.2) is 35.1 Å². The van der Waals surface area contributed by atoms with Gasteiger partial charge in [0.1, 0.15) is 19.5 Å². The molecule has 158 valence electrons. The van der Waals surface area contributed by atoms with Crippen molar-refractivity contribution in [1.82, 2.24) is 9.88 Å². The lowest BCUT2D eigenvalue weighted by Crippen LogP contribution is -2.40. The first-order chi connectivity index (χ1) is 13.8. The zero-order chi connectivity index (χ0) is 21.0. The molecule has 10 heteroatoms. The van der Waals surface area contributed by atoms with E-state index in [0.29, 0.717) is 41.7 Å². The number of carbonyl (C=O) groups excluding carboxylic acids is 1. The van der Waals surface area contributed by atoms with Gasteiger partial charge in [-0.2, -0.15) is 0 Å². The van der Waals surface area contributed by atoms with E-state index in [2.05, 4.69) is 23.7 Å². The first kappa shape index (κ1) is 21.5. The molecule has 0 fully saturated rings. The average molecular weight is 440 g/mol. The molecule has 0 bridgehead atoms. The summed E-state index contributed by atoms with van der Waals surface area (Å²) in [5.41, 5.74) is 0.646. The number of likely N-dealkylation sites (N-methyl/N-ethyl adjacent to an activating group) is 1. The minimum atomic E-state index is -3.32. The fourth-order valence-electron chi connectivity index (χ4n) is 2.92. The van der Waals surface area contributed by atoms with Crippen LogP contribution in [0.4, 0.5) is 5.13 Å². The highest BCUT2D eigenvalue weighted by Crippen LogP contribution is 2.31. The van der Waals surface area contributed by atoms with Crippen LogP contribution in [0.5, 0.6) is 0 Å². The number of hydrogen-bond donors (Lipinski definition) is 0. The molecule has 0 saturated carbocycles. The summed E-state index contributed by atoms with van der Waals surface area (Å²) in [6.45, 7) is 7.72. The second-order valence-corrected chi connectivity index (χ2v) is 9.61. The quantitative estimate of drug-likeness (QED) is 0.623. The molecule has 2 heterocycles. The number of nitrogens with zero attached hydrogens (tertiary/aromatic N) is 3. The van der Waals surface area contributed by atoms with Crippen LogP contribution < -0.4 is 4.90 Å². The highest BCUT2D eigenvalue weighted by atomic mass is 32.2. The number of thiazole rings is 1. The Hall–Kier alpha value is -2.17. The van der Waals surface area contributed by atoms with Gasteiger partial charge in [-0.25, -0.2) is 13.4 Å². The van der Waals surface area contributed by atoms with Gasteiger partial charge in [-0.15, -0.1) is 0 Å². The fourth-order valence-corrected chi connectivity index (χ4v) is 4.67. The Morgan fingerprint density at radius 3 is 2.59 bits per heavy atom. The molecule has 0 radical (unpaired) electrons. The molecular formula is C19H25N3O5S2. The lowest BCUT2D eigenvalue weighted by atomic mass is 10.3. The van der Waals surface area contributed by atoms with Crippen molar-refractivity contribution in [1.29, 1.82) is 0 Å². The summed E-state index contributed by atoms with van der Waals surface area (Å²) >= 11 is 1.28. The van der Waals surface area contributed by atoms with Crippen molar-refractivity contribution in [2.45, 2.75) is 18.7 Å². The molecule has 29 heavy (non-hydrogen) atoms. The van der Waals surface area contributed by atoms with Crippen molar-refractivity contribution in [3.63, 3.8) is 0 Å². The first-order valence-electron chi connectivity index (χ1n) is 9.43. The molecule has 1 aromatic carbocycles. The number of aromatic nitrogens is 1. The lowest BCUT2D eigenvalue weighted by molar-refractivity contribution is -0.119. The van der Waals surface area contributed by atoms with E-state index in [4.69, 9.17) is 9.47 Å². The van der Waals surface area contributed by atoms with Gasteiger partial charge in [0.2, 0.25) is 5.76 Å². The number of ether oxygens (including phenoxy) is 2. The summed E-state index contributed by atoms with van der Waals surface area (Å²) in [7, 11) is -3.32. The number of fused-ring (bicyclic) bond motifs is 1. The molecule has 0 saturated heterocycles. The third-order valence-electron chi connectivity index (χ3n) is 4.65. The molecule has 1 aliphatic heterocycles. The van der Waals surface area contributed by atoms with Gasteiger partial charge < -0.3 is 14.4 Å². The second-order valence-electron chi connectivity index (χ2n) is 6.58. The molecule has 1 amide bonds. The summed E-state index contributed by atoms with van der Waals surface area (Å²) < 4.78 is 35.1. The van der Waals surface area contributed by atoms with E-state index in [1.807, 2.05) is 0 Å². The largest absolute Gasteiger partial charge is 0.494 e. The number of anilines is 1. The number of amides is 1. The zero-order valence-corrected chi connectivity index (χ0v) is 18.4. The van der Waals surface area contributed by atoms with E-state index >= 15 is 0 Å². The molecule has 0 atom stereocenters. The van der Waals surface area contributed by atoms with Crippen molar-refractivity contribution in [2.75, 3.05) is 50.5 Å². The second kappa shape index (κ2) is 9.10. The normalized spacial score (nSPS) is 14.4. The van der Waals surface area contributed by atoms with Crippen LogP contribution in [0.2, 0.25) is 0 Å². The molecular weight excluding hydrogens is 414 g/mol. The van der Waals surface area contributed by atoms with Crippen molar-refractivity contribution in [2.24, 2.45) is 0 Å².